The number of hydrogen-bond donors (Lipinski definition) is 3. The molecule has 0 saturated carbocycles. The number of aliphatic imine (C=N–C) groups is 1. The monoisotopic (exact) mass is 513 g/mol. The van der Waals surface area contributed by atoms with Gasteiger partial charge in [0.15, 0.2) is 11.5 Å². The summed E-state index contributed by atoms with van der Waals surface area (Å²) >= 11 is 0. The topological polar surface area (TPSA) is 166 Å². The highest BCUT2D eigenvalue weighted by Crippen LogP contribution is 2.36. The standard InChI is InChI=1S/C22H23N7O6S/c1-13(20(31)15-11-28(2)12-23-15)36(32,33)27-22-26-25-21(14-7-5-10-18(24-14)35-4)29(22)19-16(30)8-6-9-17(19)34-3/h6,8-13,20,30-31H,1-4H3,(H,26,27)/t13-,20+/m1/s1. The molecule has 2 aromatic heterocycles. The summed E-state index contributed by atoms with van der Waals surface area (Å²) in [6, 6.07) is 4.52. The van der Waals surface area contributed by atoms with Gasteiger partial charge in [-0.15, -0.1) is 10.2 Å². The predicted molar refractivity (Wildman–Crippen MR) is 129 cm³/mol. The first-order valence-electron chi connectivity index (χ1n) is 10.5. The van der Waals surface area contributed by atoms with Gasteiger partial charge in [0.2, 0.25) is 21.9 Å². The molecule has 188 valence electrons. The number of ether oxygens (including phenoxy) is 2. The Kier molecular flexibility index (Phi) is 6.69. The molecule has 1 aromatic carbocycles. The molecule has 1 aliphatic heterocycles. The molecule has 4 rings (SSSR count). The van der Waals surface area contributed by atoms with Crippen LogP contribution in [-0.2, 0) is 21.8 Å². The van der Waals surface area contributed by atoms with E-state index in [1.165, 1.54) is 50.4 Å². The molecular weight excluding hydrogens is 490 g/mol. The summed E-state index contributed by atoms with van der Waals surface area (Å²) in [5, 5.41) is 28.1. The number of anilines is 1. The first-order valence-corrected chi connectivity index (χ1v) is 12.0. The van der Waals surface area contributed by atoms with E-state index in [9.17, 15) is 18.6 Å². The number of para-hydroxylation sites is 1. The van der Waals surface area contributed by atoms with Gasteiger partial charge in [-0.3, -0.25) is 9.29 Å². The SMILES string of the molecule is COC1=NC(c2nnc(NS(=O)(=O)[C@H](C)[C@H](O)c3cn(C)cn3)n2-c2c(O)cccc2OC)=C=C=C1. The van der Waals surface area contributed by atoms with Gasteiger partial charge in [-0.25, -0.2) is 18.4 Å². The van der Waals surface area contributed by atoms with Crippen LogP contribution in [0, 0.1) is 0 Å². The predicted octanol–water partition coefficient (Wildman–Crippen LogP) is 1.29. The van der Waals surface area contributed by atoms with Crippen LogP contribution in [0.3, 0.4) is 0 Å². The van der Waals surface area contributed by atoms with Crippen LogP contribution < -0.4 is 9.46 Å². The maximum absolute atomic E-state index is 13.3. The Balaban J connectivity index is 1.83. The second-order valence-corrected chi connectivity index (χ2v) is 9.73. The smallest absolute Gasteiger partial charge is 0.243 e. The van der Waals surface area contributed by atoms with E-state index < -0.39 is 21.4 Å². The number of sulfonamides is 1. The zero-order valence-corrected chi connectivity index (χ0v) is 20.6. The van der Waals surface area contributed by atoms with Crippen molar-refractivity contribution in [1.82, 2.24) is 24.3 Å². The van der Waals surface area contributed by atoms with Crippen LogP contribution in [-0.4, -0.2) is 68.3 Å². The molecule has 0 unspecified atom stereocenters. The van der Waals surface area contributed by atoms with Gasteiger partial charge in [0.25, 0.3) is 0 Å². The van der Waals surface area contributed by atoms with Crippen molar-refractivity contribution in [3.8, 4) is 17.2 Å². The molecule has 0 radical (unpaired) electrons. The zero-order chi connectivity index (χ0) is 26.0. The molecule has 3 N–H and O–H groups in total. The lowest BCUT2D eigenvalue weighted by molar-refractivity contribution is 0.172. The third-order valence-electron chi connectivity index (χ3n) is 5.31. The van der Waals surface area contributed by atoms with Crippen LogP contribution >= 0.6 is 0 Å². The van der Waals surface area contributed by atoms with Crippen molar-refractivity contribution in [2.24, 2.45) is 12.0 Å². The van der Waals surface area contributed by atoms with Crippen LogP contribution in [0.5, 0.6) is 11.5 Å². The molecule has 3 heterocycles. The van der Waals surface area contributed by atoms with Crippen LogP contribution in [0.25, 0.3) is 11.4 Å². The van der Waals surface area contributed by atoms with Crippen molar-refractivity contribution < 1.29 is 28.1 Å². The Labute approximate surface area is 206 Å². The second-order valence-electron chi connectivity index (χ2n) is 7.69. The lowest BCUT2D eigenvalue weighted by atomic mass is 10.2. The summed E-state index contributed by atoms with van der Waals surface area (Å²) in [6.45, 7) is 1.33. The highest BCUT2D eigenvalue weighted by Gasteiger charge is 2.33. The molecule has 14 heteroatoms. The Hall–Kier alpha value is -4.35. The van der Waals surface area contributed by atoms with E-state index in [0.29, 0.717) is 0 Å². The quantitative estimate of drug-likeness (QED) is 0.376. The number of imidazole rings is 1. The van der Waals surface area contributed by atoms with Crippen LogP contribution in [0.15, 0.2) is 53.3 Å². The van der Waals surface area contributed by atoms with Gasteiger partial charge >= 0.3 is 0 Å². The minimum Gasteiger partial charge on any atom is -0.506 e. The molecule has 1 aliphatic rings. The molecule has 0 aliphatic carbocycles. The lowest BCUT2D eigenvalue weighted by Crippen LogP contribution is -2.32. The van der Waals surface area contributed by atoms with E-state index in [-0.39, 0.29) is 46.2 Å². The molecule has 3 aromatic rings. The third-order valence-corrected chi connectivity index (χ3v) is 7.01. The number of methoxy groups -OCH3 is 2. The summed E-state index contributed by atoms with van der Waals surface area (Å²) in [5.74, 6) is -0.116. The first-order chi connectivity index (χ1) is 17.2. The summed E-state index contributed by atoms with van der Waals surface area (Å²) in [4.78, 5) is 8.29. The maximum atomic E-state index is 13.3. The van der Waals surface area contributed by atoms with E-state index >= 15 is 0 Å². The van der Waals surface area contributed by atoms with Crippen molar-refractivity contribution in [2.45, 2.75) is 18.3 Å². The average molecular weight is 514 g/mol. The Morgan fingerprint density at radius 2 is 1.97 bits per heavy atom. The van der Waals surface area contributed by atoms with Crippen molar-refractivity contribution >= 4 is 27.6 Å². The van der Waals surface area contributed by atoms with E-state index in [4.69, 9.17) is 9.47 Å². The van der Waals surface area contributed by atoms with Gasteiger partial charge in [-0.05, 0) is 24.8 Å². The number of aliphatic hydroxyl groups is 1. The molecule has 0 saturated heterocycles. The van der Waals surface area contributed by atoms with Gasteiger partial charge in [0, 0.05) is 13.2 Å². The second kappa shape index (κ2) is 9.72. The highest BCUT2D eigenvalue weighted by atomic mass is 32.2. The Bertz CT molecular complexity index is 1540. The van der Waals surface area contributed by atoms with E-state index in [0.717, 1.165) is 0 Å². The number of nitrogens with zero attached hydrogens (tertiary/aromatic N) is 6. The van der Waals surface area contributed by atoms with Gasteiger partial charge < -0.3 is 24.3 Å². The molecule has 0 amide bonds. The van der Waals surface area contributed by atoms with Crippen molar-refractivity contribution in [3.63, 3.8) is 0 Å². The number of aromatic hydroxyl groups is 1. The number of benzene rings is 1. The summed E-state index contributed by atoms with van der Waals surface area (Å²) in [7, 11) is 0.257. The number of nitrogens with one attached hydrogen (secondary N) is 1. The molecule has 0 spiro atoms. The zero-order valence-electron chi connectivity index (χ0n) is 19.7. The van der Waals surface area contributed by atoms with Gasteiger partial charge in [0.05, 0.1) is 32.3 Å². The lowest BCUT2D eigenvalue weighted by Gasteiger charge is -2.20. The molecule has 0 bridgehead atoms. The minimum atomic E-state index is -4.25. The molecule has 2 atom stereocenters. The average Bonchev–Trinajstić information content (AvgIpc) is 3.48. The van der Waals surface area contributed by atoms with Gasteiger partial charge in [-0.2, -0.15) is 0 Å². The summed E-state index contributed by atoms with van der Waals surface area (Å²) in [6.07, 6.45) is 3.00. The highest BCUT2D eigenvalue weighted by molar-refractivity contribution is 7.93. The normalized spacial score (nSPS) is 14.7. The van der Waals surface area contributed by atoms with Crippen molar-refractivity contribution in [1.29, 1.82) is 0 Å². The maximum Gasteiger partial charge on any atom is 0.243 e. The van der Waals surface area contributed by atoms with E-state index in [2.05, 4.69) is 36.4 Å². The summed E-state index contributed by atoms with van der Waals surface area (Å²) in [5.41, 5.74) is 5.87. The summed E-state index contributed by atoms with van der Waals surface area (Å²) < 4.78 is 42.2. The van der Waals surface area contributed by atoms with Crippen LogP contribution in [0.4, 0.5) is 5.95 Å². The largest absolute Gasteiger partial charge is 0.506 e. The fourth-order valence-corrected chi connectivity index (χ4v) is 4.43. The fraction of sp³-hybridized carbons (Fsp3) is 0.273. The van der Waals surface area contributed by atoms with E-state index in [1.54, 1.807) is 23.7 Å². The number of aromatic nitrogens is 5. The first kappa shape index (κ1) is 24.8. The molecule has 36 heavy (non-hydrogen) atoms. The van der Waals surface area contributed by atoms with E-state index in [1.807, 2.05) is 0 Å². The number of rotatable bonds is 8. The molecular formula is C22H23N7O6S. The van der Waals surface area contributed by atoms with Gasteiger partial charge in [-0.1, -0.05) is 11.8 Å². The number of aliphatic hydroxyl groups excluding tert-OH is 1. The Morgan fingerprint density at radius 3 is 2.64 bits per heavy atom. The van der Waals surface area contributed by atoms with Gasteiger partial charge in [0.1, 0.15) is 28.5 Å². The fourth-order valence-electron chi connectivity index (χ4n) is 3.38. The molecule has 13 nitrogen and oxygen atoms in total. The van der Waals surface area contributed by atoms with Crippen LogP contribution in [0.1, 0.15) is 24.5 Å². The minimum absolute atomic E-state index is 0.0144. The molecule has 0 fully saturated rings. The van der Waals surface area contributed by atoms with Crippen molar-refractivity contribution in [2.75, 3.05) is 18.9 Å². The van der Waals surface area contributed by atoms with Crippen molar-refractivity contribution in [3.05, 3.63) is 59.8 Å². The number of phenols is 1. The Morgan fingerprint density at radius 1 is 1.19 bits per heavy atom. The number of phenolic OH excluding ortho intramolecular Hbond substituents is 1. The third kappa shape index (κ3) is 4.61. The number of aryl methyl sites for hydroxylation is 1. The van der Waals surface area contributed by atoms with Crippen LogP contribution in [0.2, 0.25) is 0 Å². The number of hydrogen-bond acceptors (Lipinski definition) is 10.